The highest BCUT2D eigenvalue weighted by atomic mass is 16.2. The predicted molar refractivity (Wildman–Crippen MR) is 116 cm³/mol. The van der Waals surface area contributed by atoms with E-state index in [2.05, 4.69) is 41.4 Å². The van der Waals surface area contributed by atoms with Crippen LogP contribution in [0, 0.1) is 26.2 Å². The Hall–Kier alpha value is -2.82. The Morgan fingerprint density at radius 1 is 0.897 bits per heavy atom. The van der Waals surface area contributed by atoms with Crippen LogP contribution in [0.3, 0.4) is 0 Å². The Morgan fingerprint density at radius 3 is 2.24 bits per heavy atom. The number of anilines is 2. The van der Waals surface area contributed by atoms with E-state index in [1.807, 2.05) is 36.9 Å². The normalized spacial score (nSPS) is 17.8. The van der Waals surface area contributed by atoms with Gasteiger partial charge < -0.3 is 15.1 Å². The summed E-state index contributed by atoms with van der Waals surface area (Å²) in [4.78, 5) is 30.4. The molecule has 0 atom stereocenters. The van der Waals surface area contributed by atoms with Gasteiger partial charge in [0.1, 0.15) is 5.41 Å². The van der Waals surface area contributed by atoms with Gasteiger partial charge in [-0.1, -0.05) is 24.3 Å². The Bertz CT molecular complexity index is 941. The average Bonchev–Trinajstić information content (AvgIpc) is 3.52. The molecule has 0 spiro atoms. The zero-order valence-electron chi connectivity index (χ0n) is 17.5. The molecule has 1 aliphatic carbocycles. The molecule has 2 aromatic carbocycles. The quantitative estimate of drug-likeness (QED) is 0.809. The molecule has 1 N–H and O–H groups in total. The van der Waals surface area contributed by atoms with Gasteiger partial charge >= 0.3 is 0 Å². The second kappa shape index (κ2) is 7.54. The van der Waals surface area contributed by atoms with Gasteiger partial charge in [-0.05, 0) is 68.5 Å². The van der Waals surface area contributed by atoms with Crippen LogP contribution < -0.4 is 10.2 Å². The number of piperazine rings is 1. The first kappa shape index (κ1) is 19.5. The zero-order valence-corrected chi connectivity index (χ0v) is 17.5. The second-order valence-electron chi connectivity index (χ2n) is 8.47. The Balaban J connectivity index is 1.40. The van der Waals surface area contributed by atoms with Crippen LogP contribution in [0.2, 0.25) is 0 Å². The van der Waals surface area contributed by atoms with E-state index in [-0.39, 0.29) is 11.8 Å². The van der Waals surface area contributed by atoms with E-state index >= 15 is 0 Å². The smallest absolute Gasteiger partial charge is 0.240 e. The summed E-state index contributed by atoms with van der Waals surface area (Å²) in [5, 5.41) is 3.02. The summed E-state index contributed by atoms with van der Waals surface area (Å²) in [6.07, 6.45) is 1.28. The SMILES string of the molecule is Cc1cccc(N2CCN(C(=O)C3(C(=O)Nc4cc(C)ccc4C)CC3)CC2)c1. The first-order valence-corrected chi connectivity index (χ1v) is 10.4. The third kappa shape index (κ3) is 3.86. The number of aryl methyl sites for hydroxylation is 3. The molecule has 0 bridgehead atoms. The third-order valence-corrected chi connectivity index (χ3v) is 6.17. The minimum atomic E-state index is -0.873. The van der Waals surface area contributed by atoms with Crippen LogP contribution in [0.5, 0.6) is 0 Å². The Morgan fingerprint density at radius 2 is 1.59 bits per heavy atom. The number of benzene rings is 2. The van der Waals surface area contributed by atoms with E-state index < -0.39 is 5.41 Å². The molecule has 1 heterocycles. The Kier molecular flexibility index (Phi) is 5.07. The number of hydrogen-bond donors (Lipinski definition) is 1. The minimum Gasteiger partial charge on any atom is -0.368 e. The number of carbonyl (C=O) groups is 2. The molecule has 0 unspecified atom stereocenters. The maximum atomic E-state index is 13.2. The first-order chi connectivity index (χ1) is 13.9. The lowest BCUT2D eigenvalue weighted by molar-refractivity contribution is -0.142. The van der Waals surface area contributed by atoms with E-state index in [4.69, 9.17) is 0 Å². The van der Waals surface area contributed by atoms with E-state index in [1.54, 1.807) is 0 Å². The van der Waals surface area contributed by atoms with E-state index in [1.165, 1.54) is 11.3 Å². The van der Waals surface area contributed by atoms with Crippen molar-refractivity contribution >= 4 is 23.2 Å². The largest absolute Gasteiger partial charge is 0.368 e. The molecule has 5 heteroatoms. The highest BCUT2D eigenvalue weighted by Crippen LogP contribution is 2.48. The van der Waals surface area contributed by atoms with Crippen LogP contribution in [-0.2, 0) is 9.59 Å². The Labute approximate surface area is 172 Å². The standard InChI is InChI=1S/C24H29N3O2/c1-17-5-4-6-20(15-17)26-11-13-27(14-12-26)23(29)24(9-10-24)22(28)25-21-16-18(2)7-8-19(21)3/h4-8,15-16H,9-14H2,1-3H3,(H,25,28). The van der Waals surface area contributed by atoms with Crippen molar-refractivity contribution in [1.29, 1.82) is 0 Å². The van der Waals surface area contributed by atoms with Crippen molar-refractivity contribution in [2.45, 2.75) is 33.6 Å². The van der Waals surface area contributed by atoms with Crippen LogP contribution in [0.1, 0.15) is 29.5 Å². The lowest BCUT2D eigenvalue weighted by Gasteiger charge is -2.37. The molecule has 2 fully saturated rings. The molecule has 1 saturated carbocycles. The van der Waals surface area contributed by atoms with Crippen LogP contribution in [0.15, 0.2) is 42.5 Å². The van der Waals surface area contributed by atoms with Crippen molar-refractivity contribution < 1.29 is 9.59 Å². The van der Waals surface area contributed by atoms with Gasteiger partial charge in [0.05, 0.1) is 0 Å². The molecule has 2 amide bonds. The third-order valence-electron chi connectivity index (χ3n) is 6.17. The summed E-state index contributed by atoms with van der Waals surface area (Å²) in [6.45, 7) is 8.97. The van der Waals surface area contributed by atoms with Crippen molar-refractivity contribution in [3.8, 4) is 0 Å². The van der Waals surface area contributed by atoms with Gasteiger partial charge in [0.25, 0.3) is 0 Å². The van der Waals surface area contributed by atoms with Gasteiger partial charge in [-0.2, -0.15) is 0 Å². The van der Waals surface area contributed by atoms with Gasteiger partial charge in [0, 0.05) is 37.6 Å². The molecule has 1 saturated heterocycles. The van der Waals surface area contributed by atoms with Crippen LogP contribution in [-0.4, -0.2) is 42.9 Å². The van der Waals surface area contributed by atoms with Crippen molar-refractivity contribution in [2.75, 3.05) is 36.4 Å². The summed E-state index contributed by atoms with van der Waals surface area (Å²) in [5.74, 6) is -0.165. The van der Waals surface area contributed by atoms with Gasteiger partial charge in [0.2, 0.25) is 11.8 Å². The number of rotatable bonds is 4. The predicted octanol–water partition coefficient (Wildman–Crippen LogP) is 3.68. The lowest BCUT2D eigenvalue weighted by atomic mass is 10.0. The first-order valence-electron chi connectivity index (χ1n) is 10.4. The van der Waals surface area contributed by atoms with Crippen molar-refractivity contribution in [1.82, 2.24) is 4.90 Å². The molecule has 4 rings (SSSR count). The topological polar surface area (TPSA) is 52.7 Å². The maximum Gasteiger partial charge on any atom is 0.240 e. The fourth-order valence-corrected chi connectivity index (χ4v) is 4.07. The van der Waals surface area contributed by atoms with E-state index in [9.17, 15) is 9.59 Å². The summed E-state index contributed by atoms with van der Waals surface area (Å²) in [7, 11) is 0. The highest BCUT2D eigenvalue weighted by molar-refractivity contribution is 6.13. The fourth-order valence-electron chi connectivity index (χ4n) is 4.07. The molecule has 29 heavy (non-hydrogen) atoms. The van der Waals surface area contributed by atoms with Gasteiger partial charge in [-0.25, -0.2) is 0 Å². The van der Waals surface area contributed by atoms with Gasteiger partial charge in [0.15, 0.2) is 0 Å². The number of carbonyl (C=O) groups excluding carboxylic acids is 2. The van der Waals surface area contributed by atoms with Gasteiger partial charge in [-0.3, -0.25) is 9.59 Å². The number of nitrogens with one attached hydrogen (secondary N) is 1. The highest BCUT2D eigenvalue weighted by Gasteiger charge is 2.58. The average molecular weight is 392 g/mol. The van der Waals surface area contributed by atoms with Crippen molar-refractivity contribution in [3.63, 3.8) is 0 Å². The second-order valence-corrected chi connectivity index (χ2v) is 8.47. The van der Waals surface area contributed by atoms with E-state index in [0.717, 1.165) is 29.9 Å². The molecule has 0 aromatic heterocycles. The van der Waals surface area contributed by atoms with Crippen LogP contribution in [0.25, 0.3) is 0 Å². The van der Waals surface area contributed by atoms with Crippen LogP contribution in [0.4, 0.5) is 11.4 Å². The van der Waals surface area contributed by atoms with Gasteiger partial charge in [-0.15, -0.1) is 0 Å². The minimum absolute atomic E-state index is 0.0100. The molecule has 2 aliphatic rings. The van der Waals surface area contributed by atoms with Crippen molar-refractivity contribution in [2.24, 2.45) is 5.41 Å². The fraction of sp³-hybridized carbons (Fsp3) is 0.417. The number of nitrogens with zero attached hydrogens (tertiary/aromatic N) is 2. The molecule has 2 aromatic rings. The van der Waals surface area contributed by atoms with E-state index in [0.29, 0.717) is 25.9 Å². The molecule has 5 nitrogen and oxygen atoms in total. The monoisotopic (exact) mass is 391 g/mol. The lowest BCUT2D eigenvalue weighted by Crippen LogP contribution is -2.52. The summed E-state index contributed by atoms with van der Waals surface area (Å²) < 4.78 is 0. The molecular weight excluding hydrogens is 362 g/mol. The molecule has 0 radical (unpaired) electrons. The molecule has 1 aliphatic heterocycles. The maximum absolute atomic E-state index is 13.2. The zero-order chi connectivity index (χ0) is 20.6. The van der Waals surface area contributed by atoms with Crippen LogP contribution >= 0.6 is 0 Å². The number of hydrogen-bond acceptors (Lipinski definition) is 3. The summed E-state index contributed by atoms with van der Waals surface area (Å²) in [6, 6.07) is 14.4. The molecular formula is C24H29N3O2. The summed E-state index contributed by atoms with van der Waals surface area (Å²) >= 11 is 0. The summed E-state index contributed by atoms with van der Waals surface area (Å²) in [5.41, 5.74) is 4.47. The number of amides is 2. The molecule has 152 valence electrons. The van der Waals surface area contributed by atoms with Crippen molar-refractivity contribution in [3.05, 3.63) is 59.2 Å².